The van der Waals surface area contributed by atoms with E-state index in [1.54, 1.807) is 29.8 Å². The number of phenolic OH excluding ortho intramolecular Hbond substituents is 1. The fraction of sp³-hybridized carbons (Fsp3) is 0.625. The molecule has 1 saturated carbocycles. The third kappa shape index (κ3) is 3.95. The highest BCUT2D eigenvalue weighted by atomic mass is 16.6. The monoisotopic (exact) mass is 400 g/mol. The molecule has 1 aromatic rings. The van der Waals surface area contributed by atoms with Crippen molar-refractivity contribution in [2.45, 2.75) is 58.2 Å². The van der Waals surface area contributed by atoms with E-state index in [0.29, 0.717) is 13.1 Å². The largest absolute Gasteiger partial charge is 0.508 e. The number of aliphatic hydroxyl groups excluding tert-OH is 1. The average molecular weight is 401 g/mol. The number of ether oxygens (including phenoxy) is 1. The van der Waals surface area contributed by atoms with E-state index in [0.717, 1.165) is 23.3 Å². The van der Waals surface area contributed by atoms with Gasteiger partial charge >= 0.3 is 5.97 Å². The number of hydrogen-bond acceptors (Lipinski definition) is 4. The van der Waals surface area contributed by atoms with E-state index in [4.69, 9.17) is 4.74 Å². The van der Waals surface area contributed by atoms with Crippen LogP contribution in [0.3, 0.4) is 0 Å². The molecule has 158 valence electrons. The molecular weight excluding hydrogens is 366 g/mol. The second kappa shape index (κ2) is 7.77. The van der Waals surface area contributed by atoms with Gasteiger partial charge in [-0.05, 0) is 62.1 Å². The highest BCUT2D eigenvalue weighted by molar-refractivity contribution is 5.75. The molecule has 0 radical (unpaired) electrons. The molecule has 1 unspecified atom stereocenters. The molecule has 3 aliphatic rings. The second-order valence-corrected chi connectivity index (χ2v) is 9.80. The topological polar surface area (TPSA) is 71.2 Å². The summed E-state index contributed by atoms with van der Waals surface area (Å²) < 4.78 is 5.87. The maximum Gasteiger partial charge on any atom is 0.315 e. The molecule has 1 heterocycles. The Balaban J connectivity index is 1.43. The third-order valence-corrected chi connectivity index (χ3v) is 7.57. The number of esters is 1. The van der Waals surface area contributed by atoms with Gasteiger partial charge in [-0.1, -0.05) is 30.2 Å². The Morgan fingerprint density at radius 2 is 2.03 bits per heavy atom. The summed E-state index contributed by atoms with van der Waals surface area (Å²) in [4.78, 5) is 13.8. The molecule has 3 N–H and O–H groups in total. The first-order chi connectivity index (χ1) is 13.8. The Kier molecular flexibility index (Phi) is 5.47. The zero-order valence-corrected chi connectivity index (χ0v) is 17.8. The maximum absolute atomic E-state index is 12.7. The van der Waals surface area contributed by atoms with E-state index in [-0.39, 0.29) is 35.1 Å². The van der Waals surface area contributed by atoms with Gasteiger partial charge in [-0.25, -0.2) is 0 Å². The lowest BCUT2D eigenvalue weighted by Gasteiger charge is -2.45. The predicted molar refractivity (Wildman–Crippen MR) is 110 cm³/mol. The first-order valence-electron chi connectivity index (χ1n) is 10.9. The first-order valence-corrected chi connectivity index (χ1v) is 10.9. The number of allylic oxidation sites excluding steroid dienone is 2. The first kappa shape index (κ1) is 20.4. The number of carbonyl (C=O) groups excluding carboxylic acids is 1. The lowest BCUT2D eigenvalue weighted by Crippen LogP contribution is -3.10. The number of quaternary nitrogens is 1. The van der Waals surface area contributed by atoms with Crippen molar-refractivity contribution in [3.8, 4) is 5.75 Å². The summed E-state index contributed by atoms with van der Waals surface area (Å²) in [6, 6.07) is 6.67. The zero-order chi connectivity index (χ0) is 20.8. The lowest BCUT2D eigenvalue weighted by atomic mass is 9.59. The molecule has 2 aliphatic carbocycles. The summed E-state index contributed by atoms with van der Waals surface area (Å²) in [5.41, 5.74) is 4.09. The number of rotatable bonds is 5. The van der Waals surface area contributed by atoms with Crippen LogP contribution in [0.1, 0.15) is 57.6 Å². The minimum Gasteiger partial charge on any atom is -0.508 e. The van der Waals surface area contributed by atoms with Gasteiger partial charge in [-0.15, -0.1) is 0 Å². The molecule has 5 nitrogen and oxygen atoms in total. The van der Waals surface area contributed by atoms with E-state index >= 15 is 0 Å². The molecule has 5 heteroatoms. The van der Waals surface area contributed by atoms with Gasteiger partial charge in [-0.3, -0.25) is 4.79 Å². The minimum atomic E-state index is -0.623. The summed E-state index contributed by atoms with van der Waals surface area (Å²) >= 11 is 0. The molecule has 4 rings (SSSR count). The number of carbonyl (C=O) groups is 1. The molecule has 1 aliphatic heterocycles. The van der Waals surface area contributed by atoms with Crippen LogP contribution in [0.5, 0.6) is 5.75 Å². The SMILES string of the molecule is CC1=C2C[C@@H]3[C@H](C[NH+](C)C[C@H](O)c4ccc(O)cc4)C(=O)O[C@@H]3C[C@]2(C)CCC1. The van der Waals surface area contributed by atoms with Gasteiger partial charge in [0.2, 0.25) is 0 Å². The van der Waals surface area contributed by atoms with Crippen molar-refractivity contribution in [1.82, 2.24) is 0 Å². The molecule has 6 atom stereocenters. The van der Waals surface area contributed by atoms with Crippen LogP contribution in [0, 0.1) is 17.3 Å². The number of aromatic hydroxyl groups is 1. The van der Waals surface area contributed by atoms with E-state index in [2.05, 4.69) is 13.8 Å². The van der Waals surface area contributed by atoms with Gasteiger partial charge in [0.25, 0.3) is 0 Å². The number of aliphatic hydroxyl groups is 1. The zero-order valence-electron chi connectivity index (χ0n) is 17.8. The van der Waals surface area contributed by atoms with Crippen molar-refractivity contribution >= 4 is 5.97 Å². The summed E-state index contributed by atoms with van der Waals surface area (Å²) in [5.74, 6) is 0.301. The fourth-order valence-corrected chi connectivity index (χ4v) is 5.95. The second-order valence-electron chi connectivity index (χ2n) is 9.80. The number of nitrogens with one attached hydrogen (secondary N) is 1. The van der Waals surface area contributed by atoms with E-state index < -0.39 is 6.10 Å². The Labute approximate surface area is 173 Å². The Morgan fingerprint density at radius 1 is 1.31 bits per heavy atom. The van der Waals surface area contributed by atoms with Crippen molar-refractivity contribution in [3.05, 3.63) is 41.0 Å². The molecule has 0 bridgehead atoms. The Hall–Kier alpha value is -1.85. The highest BCUT2D eigenvalue weighted by Gasteiger charge is 2.53. The maximum atomic E-state index is 12.7. The van der Waals surface area contributed by atoms with Crippen LogP contribution < -0.4 is 4.90 Å². The lowest BCUT2D eigenvalue weighted by molar-refractivity contribution is -0.886. The number of fused-ring (bicyclic) bond motifs is 2. The third-order valence-electron chi connectivity index (χ3n) is 7.57. The molecule has 29 heavy (non-hydrogen) atoms. The Morgan fingerprint density at radius 3 is 2.76 bits per heavy atom. The molecule has 0 spiro atoms. The van der Waals surface area contributed by atoms with Crippen LogP contribution >= 0.6 is 0 Å². The number of phenols is 1. The number of hydrogen-bond donors (Lipinski definition) is 3. The van der Waals surface area contributed by atoms with Crippen molar-refractivity contribution in [2.75, 3.05) is 20.1 Å². The molecule has 1 aromatic carbocycles. The summed E-state index contributed by atoms with van der Waals surface area (Å²) in [6.07, 6.45) is 4.99. The van der Waals surface area contributed by atoms with Crippen molar-refractivity contribution in [1.29, 1.82) is 0 Å². The molecule has 0 aromatic heterocycles. The van der Waals surface area contributed by atoms with Crippen molar-refractivity contribution in [3.63, 3.8) is 0 Å². The quantitative estimate of drug-likeness (QED) is 0.524. The van der Waals surface area contributed by atoms with Gasteiger partial charge in [0.1, 0.15) is 30.4 Å². The van der Waals surface area contributed by atoms with Crippen LogP contribution in [0.25, 0.3) is 0 Å². The van der Waals surface area contributed by atoms with Crippen molar-refractivity contribution < 1.29 is 24.6 Å². The normalized spacial score (nSPS) is 33.7. The van der Waals surface area contributed by atoms with Gasteiger partial charge in [-0.2, -0.15) is 0 Å². The van der Waals surface area contributed by atoms with Gasteiger partial charge in [0, 0.05) is 5.92 Å². The highest BCUT2D eigenvalue weighted by Crippen LogP contribution is 2.54. The fourth-order valence-electron chi connectivity index (χ4n) is 5.95. The number of likely N-dealkylation sites (N-methyl/N-ethyl adjacent to an activating group) is 1. The molecule has 1 saturated heterocycles. The van der Waals surface area contributed by atoms with Gasteiger partial charge in [0.05, 0.1) is 13.6 Å². The summed E-state index contributed by atoms with van der Waals surface area (Å²) in [6.45, 7) is 5.82. The summed E-state index contributed by atoms with van der Waals surface area (Å²) in [5, 5.41) is 20.0. The summed E-state index contributed by atoms with van der Waals surface area (Å²) in [7, 11) is 2.03. The molecular formula is C24H34NO4+. The smallest absolute Gasteiger partial charge is 0.315 e. The standard InChI is InChI=1S/C24H33NO4/c1-15-5-4-10-24(2)12-22-18(11-20(15)24)19(23(28)29-22)13-25(3)14-21(27)16-6-8-17(26)9-7-16/h6-9,18-19,21-22,26-27H,4-5,10-14H2,1-3H3/p+1/t18-,19+,21+,22-,24+/m1/s1. The van der Waals surface area contributed by atoms with E-state index in [1.807, 2.05) is 7.05 Å². The van der Waals surface area contributed by atoms with Crippen LogP contribution in [0.4, 0.5) is 0 Å². The van der Waals surface area contributed by atoms with Gasteiger partial charge < -0.3 is 19.8 Å². The average Bonchev–Trinajstić information content (AvgIpc) is 2.94. The van der Waals surface area contributed by atoms with Crippen molar-refractivity contribution in [2.24, 2.45) is 17.3 Å². The minimum absolute atomic E-state index is 0.0435. The number of benzene rings is 1. The predicted octanol–water partition coefficient (Wildman–Crippen LogP) is 2.40. The molecule has 0 amide bonds. The van der Waals surface area contributed by atoms with E-state index in [9.17, 15) is 15.0 Å². The van der Waals surface area contributed by atoms with Crippen LogP contribution in [0.15, 0.2) is 35.4 Å². The molecule has 2 fully saturated rings. The van der Waals surface area contributed by atoms with Gasteiger partial charge in [0.15, 0.2) is 0 Å². The van der Waals surface area contributed by atoms with E-state index in [1.165, 1.54) is 24.8 Å². The van der Waals surface area contributed by atoms with Crippen LogP contribution in [-0.4, -0.2) is 42.4 Å². The van der Waals surface area contributed by atoms with Crippen LogP contribution in [-0.2, 0) is 9.53 Å². The van der Waals surface area contributed by atoms with Crippen LogP contribution in [0.2, 0.25) is 0 Å². The Bertz CT molecular complexity index is 802.